The second-order valence-electron chi connectivity index (χ2n) is 4.44. The predicted octanol–water partition coefficient (Wildman–Crippen LogP) is 2.30. The van der Waals surface area contributed by atoms with Crippen molar-refractivity contribution in [2.45, 2.75) is 39.5 Å². The highest BCUT2D eigenvalue weighted by Gasteiger charge is 1.99. The first-order valence-electron chi connectivity index (χ1n) is 6.87. The molecule has 0 fully saturated rings. The summed E-state index contributed by atoms with van der Waals surface area (Å²) in [6, 6.07) is 0. The second-order valence-corrected chi connectivity index (χ2v) is 4.44. The number of hydrogen-bond donors (Lipinski definition) is 2. The molecule has 0 amide bonds. The van der Waals surface area contributed by atoms with Crippen molar-refractivity contribution >= 4 is 29.9 Å². The van der Waals surface area contributed by atoms with E-state index in [1.54, 1.807) is 0 Å². The summed E-state index contributed by atoms with van der Waals surface area (Å²) in [5.41, 5.74) is 0. The fraction of sp³-hybridized carbons (Fsp3) is 0.923. The fourth-order valence-corrected chi connectivity index (χ4v) is 1.51. The minimum atomic E-state index is 0. The first-order valence-corrected chi connectivity index (χ1v) is 6.87. The van der Waals surface area contributed by atoms with E-state index in [1.165, 1.54) is 32.2 Å². The van der Waals surface area contributed by atoms with Crippen molar-refractivity contribution in [2.75, 3.05) is 40.3 Å². The van der Waals surface area contributed by atoms with E-state index in [2.05, 4.69) is 41.4 Å². The highest BCUT2D eigenvalue weighted by molar-refractivity contribution is 14.0. The van der Waals surface area contributed by atoms with Crippen LogP contribution in [-0.2, 0) is 0 Å². The number of nitrogens with one attached hydrogen (secondary N) is 2. The van der Waals surface area contributed by atoms with Gasteiger partial charge in [-0.2, -0.15) is 0 Å². The van der Waals surface area contributed by atoms with Gasteiger partial charge in [-0.15, -0.1) is 24.0 Å². The van der Waals surface area contributed by atoms with Crippen molar-refractivity contribution in [2.24, 2.45) is 4.99 Å². The van der Waals surface area contributed by atoms with Gasteiger partial charge in [-0.25, -0.2) is 0 Å². The third-order valence-electron chi connectivity index (χ3n) is 2.73. The summed E-state index contributed by atoms with van der Waals surface area (Å²) >= 11 is 0. The minimum absolute atomic E-state index is 0. The SMILES string of the molecule is CCCCNC(=NC)NCCN(C)CCCC.I. The molecule has 0 aromatic carbocycles. The number of likely N-dealkylation sites (N-methyl/N-ethyl adjacent to an activating group) is 1. The molecule has 0 atom stereocenters. The normalized spacial score (nSPS) is 11.3. The zero-order valence-electron chi connectivity index (χ0n) is 12.5. The van der Waals surface area contributed by atoms with E-state index >= 15 is 0 Å². The Bertz CT molecular complexity index is 197. The molecule has 110 valence electrons. The van der Waals surface area contributed by atoms with Crippen LogP contribution in [0.15, 0.2) is 4.99 Å². The van der Waals surface area contributed by atoms with E-state index in [4.69, 9.17) is 0 Å². The summed E-state index contributed by atoms with van der Waals surface area (Å²) in [6.45, 7) is 8.62. The van der Waals surface area contributed by atoms with Gasteiger partial charge in [0.25, 0.3) is 0 Å². The van der Waals surface area contributed by atoms with Crippen LogP contribution in [0.2, 0.25) is 0 Å². The number of nitrogens with zero attached hydrogens (tertiary/aromatic N) is 2. The average Bonchev–Trinajstić information content (AvgIpc) is 2.34. The molecule has 0 rings (SSSR count). The summed E-state index contributed by atoms with van der Waals surface area (Å²) in [6.07, 6.45) is 4.94. The van der Waals surface area contributed by atoms with Crippen LogP contribution in [-0.4, -0.2) is 51.1 Å². The largest absolute Gasteiger partial charge is 0.356 e. The quantitative estimate of drug-likeness (QED) is 0.283. The van der Waals surface area contributed by atoms with Gasteiger partial charge >= 0.3 is 0 Å². The summed E-state index contributed by atoms with van der Waals surface area (Å²) < 4.78 is 0. The molecule has 2 N–H and O–H groups in total. The zero-order valence-corrected chi connectivity index (χ0v) is 14.8. The van der Waals surface area contributed by atoms with Gasteiger partial charge in [-0.3, -0.25) is 4.99 Å². The van der Waals surface area contributed by atoms with Crippen LogP contribution in [0.5, 0.6) is 0 Å². The third-order valence-corrected chi connectivity index (χ3v) is 2.73. The Morgan fingerprint density at radius 2 is 1.61 bits per heavy atom. The molecule has 0 bridgehead atoms. The topological polar surface area (TPSA) is 39.7 Å². The second kappa shape index (κ2) is 15.0. The van der Waals surface area contributed by atoms with Crippen LogP contribution in [0.3, 0.4) is 0 Å². The van der Waals surface area contributed by atoms with Gasteiger partial charge in [-0.05, 0) is 26.4 Å². The first kappa shape index (κ1) is 20.3. The van der Waals surface area contributed by atoms with Gasteiger partial charge in [0.1, 0.15) is 0 Å². The Kier molecular flexibility index (Phi) is 16.9. The number of halogens is 1. The van der Waals surface area contributed by atoms with E-state index in [-0.39, 0.29) is 24.0 Å². The maximum atomic E-state index is 4.19. The molecule has 0 aliphatic carbocycles. The van der Waals surface area contributed by atoms with Crippen LogP contribution < -0.4 is 10.6 Å². The van der Waals surface area contributed by atoms with Gasteiger partial charge < -0.3 is 15.5 Å². The molecule has 0 aromatic heterocycles. The van der Waals surface area contributed by atoms with Crippen molar-refractivity contribution in [3.05, 3.63) is 0 Å². The van der Waals surface area contributed by atoms with E-state index in [0.717, 1.165) is 25.6 Å². The van der Waals surface area contributed by atoms with Crippen LogP contribution in [0, 0.1) is 0 Å². The predicted molar refractivity (Wildman–Crippen MR) is 92.1 cm³/mol. The molecule has 0 aromatic rings. The molecule has 0 spiro atoms. The molecule has 5 heteroatoms. The lowest BCUT2D eigenvalue weighted by atomic mass is 10.3. The smallest absolute Gasteiger partial charge is 0.191 e. The Labute approximate surface area is 130 Å². The standard InChI is InChI=1S/C13H30N4.HI/c1-5-7-9-15-13(14-3)16-10-12-17(4)11-8-6-2;/h5-12H2,1-4H3,(H2,14,15,16);1H. The maximum absolute atomic E-state index is 4.19. The molecule has 0 heterocycles. The number of unbranched alkanes of at least 4 members (excludes halogenated alkanes) is 2. The molecule has 0 aliphatic rings. The zero-order chi connectivity index (χ0) is 12.9. The average molecular weight is 370 g/mol. The highest BCUT2D eigenvalue weighted by Crippen LogP contribution is 1.90. The summed E-state index contributed by atoms with van der Waals surface area (Å²) in [7, 11) is 3.99. The maximum Gasteiger partial charge on any atom is 0.191 e. The Morgan fingerprint density at radius 1 is 1.00 bits per heavy atom. The molecule has 0 unspecified atom stereocenters. The Hall–Kier alpha value is -0.0400. The molecular weight excluding hydrogens is 339 g/mol. The lowest BCUT2D eigenvalue weighted by Crippen LogP contribution is -2.41. The lowest BCUT2D eigenvalue weighted by molar-refractivity contribution is 0.332. The van der Waals surface area contributed by atoms with Gasteiger partial charge in [0.05, 0.1) is 0 Å². The van der Waals surface area contributed by atoms with Crippen molar-refractivity contribution < 1.29 is 0 Å². The minimum Gasteiger partial charge on any atom is -0.356 e. The summed E-state index contributed by atoms with van der Waals surface area (Å²) in [4.78, 5) is 6.55. The molecule has 0 saturated heterocycles. The molecule has 4 nitrogen and oxygen atoms in total. The van der Waals surface area contributed by atoms with Gasteiger partial charge in [0.15, 0.2) is 5.96 Å². The number of rotatable bonds is 9. The lowest BCUT2D eigenvalue weighted by Gasteiger charge is -2.17. The third kappa shape index (κ3) is 12.4. The van der Waals surface area contributed by atoms with E-state index in [1.807, 2.05) is 7.05 Å². The molecule has 0 saturated carbocycles. The Morgan fingerprint density at radius 3 is 2.17 bits per heavy atom. The number of aliphatic imine (C=N–C) groups is 1. The fourth-order valence-electron chi connectivity index (χ4n) is 1.51. The van der Waals surface area contributed by atoms with E-state index in [9.17, 15) is 0 Å². The highest BCUT2D eigenvalue weighted by atomic mass is 127. The number of hydrogen-bond acceptors (Lipinski definition) is 2. The van der Waals surface area contributed by atoms with Crippen molar-refractivity contribution in [1.82, 2.24) is 15.5 Å². The van der Waals surface area contributed by atoms with Crippen LogP contribution in [0.25, 0.3) is 0 Å². The summed E-state index contributed by atoms with van der Waals surface area (Å²) in [5.74, 6) is 0.919. The van der Waals surface area contributed by atoms with Gasteiger partial charge in [0.2, 0.25) is 0 Å². The van der Waals surface area contributed by atoms with Crippen LogP contribution in [0.4, 0.5) is 0 Å². The number of guanidine groups is 1. The molecular formula is C13H31IN4. The summed E-state index contributed by atoms with van der Waals surface area (Å²) in [5, 5.41) is 6.64. The first-order chi connectivity index (χ1) is 8.24. The van der Waals surface area contributed by atoms with Crippen LogP contribution >= 0.6 is 24.0 Å². The van der Waals surface area contributed by atoms with Crippen molar-refractivity contribution in [3.63, 3.8) is 0 Å². The van der Waals surface area contributed by atoms with Gasteiger partial charge in [-0.1, -0.05) is 26.7 Å². The molecule has 0 aliphatic heterocycles. The van der Waals surface area contributed by atoms with E-state index < -0.39 is 0 Å². The molecule has 0 radical (unpaired) electrons. The van der Waals surface area contributed by atoms with Crippen molar-refractivity contribution in [1.29, 1.82) is 0 Å². The monoisotopic (exact) mass is 370 g/mol. The van der Waals surface area contributed by atoms with E-state index in [0.29, 0.717) is 0 Å². The van der Waals surface area contributed by atoms with Crippen LogP contribution in [0.1, 0.15) is 39.5 Å². The van der Waals surface area contributed by atoms with Gasteiger partial charge in [0, 0.05) is 26.7 Å². The van der Waals surface area contributed by atoms with Crippen molar-refractivity contribution in [3.8, 4) is 0 Å². The molecule has 18 heavy (non-hydrogen) atoms. The Balaban J connectivity index is 0.